The first kappa shape index (κ1) is 18.8. The van der Waals surface area contributed by atoms with E-state index in [1.807, 2.05) is 0 Å². The van der Waals surface area contributed by atoms with Gasteiger partial charge in [0.1, 0.15) is 0 Å². The van der Waals surface area contributed by atoms with E-state index >= 15 is 0 Å². The van der Waals surface area contributed by atoms with E-state index in [9.17, 15) is 22.8 Å². The molecule has 0 radical (unpaired) electrons. The second-order valence-corrected chi connectivity index (χ2v) is 5.29. The van der Waals surface area contributed by atoms with E-state index in [2.05, 4.69) is 32.3 Å². The van der Waals surface area contributed by atoms with E-state index in [1.54, 1.807) is 24.5 Å². The van der Waals surface area contributed by atoms with Crippen LogP contribution in [-0.4, -0.2) is 32.0 Å². The fourth-order valence-electron chi connectivity index (χ4n) is 2.07. The summed E-state index contributed by atoms with van der Waals surface area (Å²) in [7, 11) is 0. The molecule has 28 heavy (non-hydrogen) atoms. The van der Waals surface area contributed by atoms with Crippen LogP contribution in [0.2, 0.25) is 0 Å². The zero-order valence-corrected chi connectivity index (χ0v) is 13.9. The van der Waals surface area contributed by atoms with Gasteiger partial charge in [-0.05, 0) is 12.1 Å². The number of rotatable bonds is 4. The fourth-order valence-corrected chi connectivity index (χ4v) is 2.07. The van der Waals surface area contributed by atoms with Gasteiger partial charge in [-0.1, -0.05) is 11.1 Å². The zero-order chi connectivity index (χ0) is 20.1. The number of carbonyl (C=O) groups is 1. The average Bonchev–Trinajstić information content (AvgIpc) is 3.14. The van der Waals surface area contributed by atoms with Crippen molar-refractivity contribution in [2.45, 2.75) is 13.0 Å². The van der Waals surface area contributed by atoms with Crippen molar-refractivity contribution in [3.05, 3.63) is 70.2 Å². The summed E-state index contributed by atoms with van der Waals surface area (Å²) in [6, 6.07) is 4.01. The highest BCUT2D eigenvalue weighted by molar-refractivity contribution is 6.01. The quantitative estimate of drug-likeness (QED) is 0.681. The van der Waals surface area contributed by atoms with Crippen molar-refractivity contribution >= 4 is 11.6 Å². The first-order chi connectivity index (χ1) is 13.4. The standard InChI is InChI=1S/C17H10F3N5O3/c18-12-7-11(8-25(17(12)27)9-13(19)20)22-16(26)15-23-14(28-24-15)2-1-10-3-5-21-6-4-10/h3-8,13H,9H2,(H,22,26). The molecule has 3 aromatic rings. The maximum absolute atomic E-state index is 13.6. The predicted molar refractivity (Wildman–Crippen MR) is 89.1 cm³/mol. The van der Waals surface area contributed by atoms with Crippen LogP contribution in [0.5, 0.6) is 0 Å². The molecule has 0 aliphatic heterocycles. The highest BCUT2D eigenvalue weighted by atomic mass is 19.3. The average molecular weight is 389 g/mol. The van der Waals surface area contributed by atoms with Crippen molar-refractivity contribution in [3.63, 3.8) is 0 Å². The van der Waals surface area contributed by atoms with E-state index in [1.165, 1.54) is 0 Å². The van der Waals surface area contributed by atoms with Crippen molar-refractivity contribution < 1.29 is 22.5 Å². The second-order valence-electron chi connectivity index (χ2n) is 5.29. The minimum absolute atomic E-state index is 0.143. The van der Waals surface area contributed by atoms with Crippen LogP contribution in [0.4, 0.5) is 18.9 Å². The van der Waals surface area contributed by atoms with Gasteiger partial charge in [0.15, 0.2) is 5.82 Å². The largest absolute Gasteiger partial charge is 0.324 e. The van der Waals surface area contributed by atoms with E-state index < -0.39 is 36.1 Å². The number of hydrogen-bond donors (Lipinski definition) is 1. The Balaban J connectivity index is 1.76. The highest BCUT2D eigenvalue weighted by Crippen LogP contribution is 2.10. The van der Waals surface area contributed by atoms with Crippen LogP contribution >= 0.6 is 0 Å². The Morgan fingerprint density at radius 1 is 1.29 bits per heavy atom. The molecule has 3 rings (SSSR count). The Kier molecular flexibility index (Phi) is 5.50. The summed E-state index contributed by atoms with van der Waals surface area (Å²) in [5, 5.41) is 5.64. The third-order valence-corrected chi connectivity index (χ3v) is 3.26. The normalized spacial score (nSPS) is 10.4. The summed E-state index contributed by atoms with van der Waals surface area (Å²) >= 11 is 0. The number of anilines is 1. The monoisotopic (exact) mass is 389 g/mol. The van der Waals surface area contributed by atoms with Gasteiger partial charge >= 0.3 is 5.89 Å². The number of halogens is 3. The molecule has 0 fully saturated rings. The van der Waals surface area contributed by atoms with E-state index in [0.717, 1.165) is 6.20 Å². The minimum atomic E-state index is -2.87. The maximum atomic E-state index is 13.6. The molecule has 0 aromatic carbocycles. The minimum Gasteiger partial charge on any atom is -0.324 e. The van der Waals surface area contributed by atoms with Crippen LogP contribution in [-0.2, 0) is 6.54 Å². The SMILES string of the molecule is O=C(Nc1cc(F)c(=O)n(CC(F)F)c1)c1noc(C#Cc2ccncc2)n1. The Morgan fingerprint density at radius 2 is 2.04 bits per heavy atom. The molecule has 1 N–H and O–H groups in total. The molecule has 3 heterocycles. The Labute approximate surface area is 155 Å². The molecule has 8 nitrogen and oxygen atoms in total. The van der Waals surface area contributed by atoms with Gasteiger partial charge in [0.2, 0.25) is 0 Å². The van der Waals surface area contributed by atoms with Crippen LogP contribution in [0, 0.1) is 17.7 Å². The summed E-state index contributed by atoms with van der Waals surface area (Å²) in [5.74, 6) is 2.54. The van der Waals surface area contributed by atoms with Crippen LogP contribution in [0.3, 0.4) is 0 Å². The zero-order valence-electron chi connectivity index (χ0n) is 13.9. The van der Waals surface area contributed by atoms with E-state index in [-0.39, 0.29) is 11.6 Å². The van der Waals surface area contributed by atoms with Gasteiger partial charge in [0.05, 0.1) is 12.2 Å². The lowest BCUT2D eigenvalue weighted by Gasteiger charge is -2.08. The molecule has 142 valence electrons. The first-order valence-electron chi connectivity index (χ1n) is 7.67. The molecule has 0 saturated carbocycles. The Hall–Kier alpha value is -3.94. The maximum Gasteiger partial charge on any atom is 0.303 e. The number of alkyl halides is 2. The number of aromatic nitrogens is 4. The van der Waals surface area contributed by atoms with Crippen LogP contribution < -0.4 is 10.9 Å². The molecule has 1 amide bonds. The third-order valence-electron chi connectivity index (χ3n) is 3.26. The first-order valence-corrected chi connectivity index (χ1v) is 7.67. The molecule has 0 spiro atoms. The second kappa shape index (κ2) is 8.17. The summed E-state index contributed by atoms with van der Waals surface area (Å²) in [6.07, 6.45) is 1.11. The smallest absolute Gasteiger partial charge is 0.303 e. The van der Waals surface area contributed by atoms with E-state index in [4.69, 9.17) is 4.52 Å². The predicted octanol–water partition coefficient (Wildman–Crippen LogP) is 1.68. The molecule has 3 aromatic heterocycles. The molecule has 11 heteroatoms. The number of pyridine rings is 2. The molecule has 0 unspecified atom stereocenters. The third kappa shape index (κ3) is 4.61. The topological polar surface area (TPSA) is 103 Å². The molecule has 0 bridgehead atoms. The van der Waals surface area contributed by atoms with Gasteiger partial charge in [0, 0.05) is 36.1 Å². The summed E-state index contributed by atoms with van der Waals surface area (Å²) in [4.78, 5) is 31.2. The Bertz CT molecular complexity index is 1120. The lowest BCUT2D eigenvalue weighted by atomic mass is 10.3. The van der Waals surface area contributed by atoms with Crippen molar-refractivity contribution in [2.75, 3.05) is 5.32 Å². The lowest BCUT2D eigenvalue weighted by molar-refractivity contribution is 0.101. The van der Waals surface area contributed by atoms with Gasteiger partial charge in [0.25, 0.3) is 23.7 Å². The lowest BCUT2D eigenvalue weighted by Crippen LogP contribution is -2.26. The van der Waals surface area contributed by atoms with Crippen molar-refractivity contribution in [3.8, 4) is 11.8 Å². The summed E-state index contributed by atoms with van der Waals surface area (Å²) in [6.45, 7) is -1.02. The van der Waals surface area contributed by atoms with Gasteiger partial charge in [-0.3, -0.25) is 14.6 Å². The number of carbonyl (C=O) groups excluding carboxylic acids is 1. The van der Waals surface area contributed by atoms with Crippen molar-refractivity contribution in [1.29, 1.82) is 0 Å². The van der Waals surface area contributed by atoms with Gasteiger partial charge in [-0.2, -0.15) is 4.98 Å². The molecule has 0 saturated heterocycles. The fraction of sp³-hybridized carbons (Fsp3) is 0.118. The number of nitrogens with one attached hydrogen (secondary N) is 1. The molecular weight excluding hydrogens is 379 g/mol. The number of amides is 1. The number of nitrogens with zero attached hydrogens (tertiary/aromatic N) is 4. The van der Waals surface area contributed by atoms with Crippen molar-refractivity contribution in [2.24, 2.45) is 0 Å². The Morgan fingerprint density at radius 3 is 2.75 bits per heavy atom. The molecule has 0 aliphatic rings. The molecular formula is C17H10F3N5O3. The van der Waals surface area contributed by atoms with Crippen LogP contribution in [0.15, 0.2) is 46.1 Å². The number of hydrogen-bond acceptors (Lipinski definition) is 6. The van der Waals surface area contributed by atoms with Gasteiger partial charge in [-0.25, -0.2) is 13.2 Å². The van der Waals surface area contributed by atoms with E-state index in [0.29, 0.717) is 16.2 Å². The van der Waals surface area contributed by atoms with Crippen LogP contribution in [0.25, 0.3) is 0 Å². The summed E-state index contributed by atoms with van der Waals surface area (Å²) in [5.41, 5.74) is -0.820. The van der Waals surface area contributed by atoms with Gasteiger partial charge in [-0.15, -0.1) is 0 Å². The molecule has 0 atom stereocenters. The summed E-state index contributed by atoms with van der Waals surface area (Å²) < 4.78 is 43.8. The highest BCUT2D eigenvalue weighted by Gasteiger charge is 2.16. The van der Waals surface area contributed by atoms with Crippen LogP contribution in [0.1, 0.15) is 22.1 Å². The molecule has 0 aliphatic carbocycles. The van der Waals surface area contributed by atoms with Gasteiger partial charge < -0.3 is 14.4 Å². The van der Waals surface area contributed by atoms with Crippen molar-refractivity contribution in [1.82, 2.24) is 19.7 Å².